The maximum atomic E-state index is 4.34. The Morgan fingerprint density at radius 1 is 1.50 bits per heavy atom. The number of aromatic nitrogens is 1. The van der Waals surface area contributed by atoms with E-state index in [0.717, 1.165) is 4.60 Å². The van der Waals surface area contributed by atoms with Crippen LogP contribution >= 0.6 is 15.9 Å². The molecule has 1 atom stereocenters. The fourth-order valence-corrected chi connectivity index (χ4v) is 3.06. The summed E-state index contributed by atoms with van der Waals surface area (Å²) in [6, 6.07) is 4.81. The quantitative estimate of drug-likeness (QED) is 0.785. The van der Waals surface area contributed by atoms with Crippen LogP contribution < -0.4 is 0 Å². The van der Waals surface area contributed by atoms with Gasteiger partial charge in [0.1, 0.15) is 4.60 Å². The molecule has 1 aromatic heterocycles. The highest BCUT2D eigenvalue weighted by atomic mass is 79.9. The fourth-order valence-electron chi connectivity index (χ4n) is 2.55. The first-order valence-electron chi connectivity index (χ1n) is 6.17. The molecule has 2 rings (SSSR count). The van der Waals surface area contributed by atoms with Crippen molar-refractivity contribution in [3.8, 4) is 0 Å². The lowest BCUT2D eigenvalue weighted by Gasteiger charge is -2.36. The van der Waals surface area contributed by atoms with Crippen molar-refractivity contribution in [2.45, 2.75) is 38.6 Å². The smallest absolute Gasteiger partial charge is 0.110 e. The summed E-state index contributed by atoms with van der Waals surface area (Å²) in [5, 5.41) is 0. The summed E-state index contributed by atoms with van der Waals surface area (Å²) < 4.78 is 1.02. The van der Waals surface area contributed by atoms with Gasteiger partial charge >= 0.3 is 0 Å². The zero-order valence-corrected chi connectivity index (χ0v) is 11.4. The SMILES string of the molecule is CCCN1CCCC[C@@H]1c1cccnc1Br. The molecule has 3 heteroatoms. The molecule has 0 unspecified atom stereocenters. The van der Waals surface area contributed by atoms with Gasteiger partial charge in [-0.15, -0.1) is 0 Å². The van der Waals surface area contributed by atoms with E-state index in [1.165, 1.54) is 44.3 Å². The van der Waals surface area contributed by atoms with Gasteiger partial charge in [-0.2, -0.15) is 0 Å². The lowest BCUT2D eigenvalue weighted by Crippen LogP contribution is -2.34. The highest BCUT2D eigenvalue weighted by Gasteiger charge is 2.24. The Hall–Kier alpha value is -0.410. The van der Waals surface area contributed by atoms with E-state index in [-0.39, 0.29) is 0 Å². The Kier molecular flexibility index (Phi) is 4.36. The van der Waals surface area contributed by atoms with E-state index in [9.17, 15) is 0 Å². The molecule has 16 heavy (non-hydrogen) atoms. The monoisotopic (exact) mass is 282 g/mol. The predicted octanol–water partition coefficient (Wildman–Crippen LogP) is 3.78. The molecule has 0 radical (unpaired) electrons. The van der Waals surface area contributed by atoms with Gasteiger partial charge in [-0.05, 0) is 54.3 Å². The van der Waals surface area contributed by atoms with Crippen molar-refractivity contribution in [2.24, 2.45) is 0 Å². The summed E-state index contributed by atoms with van der Waals surface area (Å²) in [6.07, 6.45) is 7.03. The van der Waals surface area contributed by atoms with E-state index in [2.05, 4.69) is 38.8 Å². The van der Waals surface area contributed by atoms with E-state index < -0.39 is 0 Å². The van der Waals surface area contributed by atoms with E-state index in [1.54, 1.807) is 0 Å². The topological polar surface area (TPSA) is 16.1 Å². The van der Waals surface area contributed by atoms with Crippen molar-refractivity contribution >= 4 is 15.9 Å². The van der Waals surface area contributed by atoms with Crippen molar-refractivity contribution in [1.29, 1.82) is 0 Å². The van der Waals surface area contributed by atoms with Crippen LogP contribution in [-0.4, -0.2) is 23.0 Å². The minimum atomic E-state index is 0.566. The van der Waals surface area contributed by atoms with Crippen molar-refractivity contribution in [3.05, 3.63) is 28.5 Å². The molecule has 1 aromatic rings. The summed E-state index contributed by atoms with van der Waals surface area (Å²) in [5.41, 5.74) is 1.36. The van der Waals surface area contributed by atoms with Crippen molar-refractivity contribution in [3.63, 3.8) is 0 Å². The maximum absolute atomic E-state index is 4.34. The molecule has 0 saturated carbocycles. The molecule has 0 aliphatic carbocycles. The highest BCUT2D eigenvalue weighted by molar-refractivity contribution is 9.10. The van der Waals surface area contributed by atoms with Gasteiger partial charge in [-0.1, -0.05) is 19.4 Å². The second-order valence-corrected chi connectivity index (χ2v) is 5.18. The van der Waals surface area contributed by atoms with Gasteiger partial charge in [0.25, 0.3) is 0 Å². The largest absolute Gasteiger partial charge is 0.296 e. The van der Waals surface area contributed by atoms with E-state index in [1.807, 2.05) is 12.3 Å². The van der Waals surface area contributed by atoms with Gasteiger partial charge in [0.2, 0.25) is 0 Å². The summed E-state index contributed by atoms with van der Waals surface area (Å²) in [7, 11) is 0. The average Bonchev–Trinajstić information content (AvgIpc) is 2.31. The first kappa shape index (κ1) is 12.1. The molecular weight excluding hydrogens is 264 g/mol. The van der Waals surface area contributed by atoms with Crippen LogP contribution in [0.4, 0.5) is 0 Å². The number of pyridine rings is 1. The van der Waals surface area contributed by atoms with Gasteiger partial charge < -0.3 is 0 Å². The number of hydrogen-bond acceptors (Lipinski definition) is 2. The van der Waals surface area contributed by atoms with Gasteiger partial charge in [-0.3, -0.25) is 4.90 Å². The second kappa shape index (κ2) is 5.78. The zero-order chi connectivity index (χ0) is 11.4. The molecule has 1 saturated heterocycles. The fraction of sp³-hybridized carbons (Fsp3) is 0.615. The number of nitrogens with zero attached hydrogens (tertiary/aromatic N) is 2. The highest BCUT2D eigenvalue weighted by Crippen LogP contribution is 2.33. The minimum absolute atomic E-state index is 0.566. The third kappa shape index (κ3) is 2.64. The van der Waals surface area contributed by atoms with Gasteiger partial charge in [0.05, 0.1) is 0 Å². The van der Waals surface area contributed by atoms with Gasteiger partial charge in [0, 0.05) is 17.8 Å². The normalized spacial score (nSPS) is 22.2. The molecular formula is C13H19BrN2. The van der Waals surface area contributed by atoms with E-state index in [4.69, 9.17) is 0 Å². The van der Waals surface area contributed by atoms with Crippen LogP contribution in [0.5, 0.6) is 0 Å². The van der Waals surface area contributed by atoms with Crippen molar-refractivity contribution < 1.29 is 0 Å². The van der Waals surface area contributed by atoms with Gasteiger partial charge in [-0.25, -0.2) is 4.98 Å². The van der Waals surface area contributed by atoms with Crippen LogP contribution in [0.25, 0.3) is 0 Å². The Morgan fingerprint density at radius 2 is 2.38 bits per heavy atom. The Labute approximate surface area is 106 Å². The van der Waals surface area contributed by atoms with Crippen LogP contribution in [0.15, 0.2) is 22.9 Å². The number of hydrogen-bond donors (Lipinski definition) is 0. The minimum Gasteiger partial charge on any atom is -0.296 e. The Morgan fingerprint density at radius 3 is 3.12 bits per heavy atom. The number of piperidine rings is 1. The van der Waals surface area contributed by atoms with Gasteiger partial charge in [0.15, 0.2) is 0 Å². The van der Waals surface area contributed by atoms with Crippen LogP contribution in [-0.2, 0) is 0 Å². The van der Waals surface area contributed by atoms with Crippen LogP contribution in [0.2, 0.25) is 0 Å². The summed E-state index contributed by atoms with van der Waals surface area (Å²) >= 11 is 3.57. The second-order valence-electron chi connectivity index (χ2n) is 4.43. The molecule has 1 aliphatic rings. The summed E-state index contributed by atoms with van der Waals surface area (Å²) in [6.45, 7) is 4.69. The Bertz CT molecular complexity index is 338. The molecule has 2 nitrogen and oxygen atoms in total. The van der Waals surface area contributed by atoms with E-state index in [0.29, 0.717) is 6.04 Å². The molecule has 0 spiro atoms. The molecule has 0 N–H and O–H groups in total. The lowest BCUT2D eigenvalue weighted by molar-refractivity contribution is 0.148. The van der Waals surface area contributed by atoms with Crippen LogP contribution in [0.3, 0.4) is 0 Å². The average molecular weight is 283 g/mol. The van der Waals surface area contributed by atoms with Crippen molar-refractivity contribution in [2.75, 3.05) is 13.1 Å². The lowest BCUT2D eigenvalue weighted by atomic mass is 9.96. The predicted molar refractivity (Wildman–Crippen MR) is 70.4 cm³/mol. The number of rotatable bonds is 3. The zero-order valence-electron chi connectivity index (χ0n) is 9.82. The first-order valence-corrected chi connectivity index (χ1v) is 6.96. The number of halogens is 1. The first-order chi connectivity index (χ1) is 7.83. The molecule has 0 amide bonds. The number of likely N-dealkylation sites (tertiary alicyclic amines) is 1. The molecule has 0 bridgehead atoms. The summed E-state index contributed by atoms with van der Waals surface area (Å²) in [5.74, 6) is 0. The maximum Gasteiger partial charge on any atom is 0.110 e. The third-order valence-corrected chi connectivity index (χ3v) is 3.93. The van der Waals surface area contributed by atoms with Crippen LogP contribution in [0, 0.1) is 0 Å². The molecule has 0 aromatic carbocycles. The Balaban J connectivity index is 2.19. The molecule has 88 valence electrons. The third-order valence-electron chi connectivity index (χ3n) is 3.27. The van der Waals surface area contributed by atoms with E-state index >= 15 is 0 Å². The molecule has 1 aliphatic heterocycles. The van der Waals surface area contributed by atoms with Crippen LogP contribution in [0.1, 0.15) is 44.2 Å². The standard InChI is InChI=1S/C13H19BrN2/c1-2-9-16-10-4-3-7-12(16)11-6-5-8-15-13(11)14/h5-6,8,12H,2-4,7,9-10H2,1H3/t12-/m1/s1. The molecule has 1 fully saturated rings. The van der Waals surface area contributed by atoms with Crippen molar-refractivity contribution in [1.82, 2.24) is 9.88 Å². The summed E-state index contributed by atoms with van der Waals surface area (Å²) in [4.78, 5) is 6.94. The molecule has 2 heterocycles.